The van der Waals surface area contributed by atoms with E-state index < -0.39 is 0 Å². The molecule has 0 radical (unpaired) electrons. The Hall–Kier alpha value is -2.30. The predicted octanol–water partition coefficient (Wildman–Crippen LogP) is 1.16. The van der Waals surface area contributed by atoms with Gasteiger partial charge in [0.15, 0.2) is 11.3 Å². The first kappa shape index (κ1) is 8.05. The second-order valence-electron chi connectivity index (χ2n) is 3.18. The standard InChI is InChI=1S/C10H7N5/c11-6-1-2-7-10(13-5-6)15-9-8(14-7)3-4-12-9/h1-5H,11H2. The van der Waals surface area contributed by atoms with Crippen LogP contribution in [0.4, 0.5) is 5.69 Å². The molecule has 72 valence electrons. The van der Waals surface area contributed by atoms with Crippen LogP contribution in [0.1, 0.15) is 0 Å². The van der Waals surface area contributed by atoms with E-state index in [1.54, 1.807) is 24.5 Å². The van der Waals surface area contributed by atoms with Crippen LogP contribution in [0.3, 0.4) is 0 Å². The highest BCUT2D eigenvalue weighted by atomic mass is 15.0. The lowest BCUT2D eigenvalue weighted by molar-refractivity contribution is 1.28. The summed E-state index contributed by atoms with van der Waals surface area (Å²) >= 11 is 0. The molecular formula is C10H7N5. The van der Waals surface area contributed by atoms with Gasteiger partial charge in [-0.2, -0.15) is 0 Å². The summed E-state index contributed by atoms with van der Waals surface area (Å²) in [5, 5.41) is 0. The maximum absolute atomic E-state index is 5.62. The lowest BCUT2D eigenvalue weighted by atomic mass is 10.4. The van der Waals surface area contributed by atoms with Crippen molar-refractivity contribution in [2.45, 2.75) is 0 Å². The van der Waals surface area contributed by atoms with Crippen molar-refractivity contribution in [3.63, 3.8) is 0 Å². The molecule has 5 nitrogen and oxygen atoms in total. The molecule has 0 aromatic carbocycles. The van der Waals surface area contributed by atoms with E-state index in [0.29, 0.717) is 22.5 Å². The summed E-state index contributed by atoms with van der Waals surface area (Å²) in [4.78, 5) is 16.9. The first-order valence-corrected chi connectivity index (χ1v) is 4.47. The largest absolute Gasteiger partial charge is 0.397 e. The van der Waals surface area contributed by atoms with Crippen molar-refractivity contribution < 1.29 is 0 Å². The summed E-state index contributed by atoms with van der Waals surface area (Å²) < 4.78 is 0. The minimum Gasteiger partial charge on any atom is -0.397 e. The van der Waals surface area contributed by atoms with Gasteiger partial charge in [-0.05, 0) is 18.2 Å². The van der Waals surface area contributed by atoms with Gasteiger partial charge in [-0.3, -0.25) is 0 Å². The van der Waals surface area contributed by atoms with Gasteiger partial charge < -0.3 is 5.73 Å². The Morgan fingerprint density at radius 3 is 2.60 bits per heavy atom. The van der Waals surface area contributed by atoms with E-state index in [9.17, 15) is 0 Å². The highest BCUT2D eigenvalue weighted by Gasteiger charge is 2.02. The SMILES string of the molecule is Nc1ccc2nc3ccnc3nc2nc1. The normalized spacial score (nSPS) is 10.9. The molecule has 15 heavy (non-hydrogen) atoms. The Bertz CT molecular complexity index is 596. The van der Waals surface area contributed by atoms with Crippen LogP contribution < -0.4 is 5.73 Å². The average Bonchev–Trinajstić information content (AvgIpc) is 2.61. The van der Waals surface area contributed by atoms with Crippen LogP contribution in [0.25, 0.3) is 22.3 Å². The molecule has 3 heterocycles. The van der Waals surface area contributed by atoms with E-state index in [4.69, 9.17) is 5.73 Å². The number of aromatic nitrogens is 4. The van der Waals surface area contributed by atoms with Gasteiger partial charge in [-0.25, -0.2) is 19.9 Å². The van der Waals surface area contributed by atoms with Crippen LogP contribution in [0, 0.1) is 0 Å². The first-order chi connectivity index (χ1) is 7.33. The van der Waals surface area contributed by atoms with Crippen molar-refractivity contribution >= 4 is 28.0 Å². The molecule has 3 aromatic heterocycles. The Morgan fingerprint density at radius 2 is 1.67 bits per heavy atom. The maximum Gasteiger partial charge on any atom is 0.180 e. The second kappa shape index (κ2) is 2.84. The molecule has 0 spiro atoms. The molecule has 0 atom stereocenters. The number of nitrogen functional groups attached to an aromatic ring is 1. The number of rotatable bonds is 0. The fourth-order valence-corrected chi connectivity index (χ4v) is 1.39. The summed E-state index contributed by atoms with van der Waals surface area (Å²) in [6.07, 6.45) is 3.24. The Balaban J connectivity index is 2.49. The smallest absolute Gasteiger partial charge is 0.180 e. The number of nitrogens with two attached hydrogens (primary N) is 1. The van der Waals surface area contributed by atoms with Crippen molar-refractivity contribution in [2.75, 3.05) is 5.73 Å². The van der Waals surface area contributed by atoms with Crippen molar-refractivity contribution in [2.24, 2.45) is 0 Å². The van der Waals surface area contributed by atoms with Gasteiger partial charge in [0, 0.05) is 6.20 Å². The highest BCUT2D eigenvalue weighted by Crippen LogP contribution is 2.12. The molecule has 2 N–H and O–H groups in total. The number of hydrogen-bond donors (Lipinski definition) is 1. The van der Waals surface area contributed by atoms with Crippen LogP contribution in [-0.4, -0.2) is 19.9 Å². The molecule has 0 saturated heterocycles. The van der Waals surface area contributed by atoms with Gasteiger partial charge in [-0.1, -0.05) is 0 Å². The minimum absolute atomic E-state index is 0.554. The van der Waals surface area contributed by atoms with E-state index >= 15 is 0 Å². The lowest BCUT2D eigenvalue weighted by Gasteiger charge is -1.90. The topological polar surface area (TPSA) is 77.6 Å². The van der Waals surface area contributed by atoms with E-state index in [1.807, 2.05) is 6.07 Å². The molecule has 3 rings (SSSR count). The van der Waals surface area contributed by atoms with Gasteiger partial charge in [0.05, 0.1) is 11.9 Å². The van der Waals surface area contributed by atoms with E-state index in [1.165, 1.54) is 0 Å². The molecule has 0 amide bonds. The second-order valence-corrected chi connectivity index (χ2v) is 3.18. The number of hydrogen-bond acceptors (Lipinski definition) is 5. The summed E-state index contributed by atoms with van der Waals surface area (Å²) in [6, 6.07) is 5.38. The van der Waals surface area contributed by atoms with Crippen LogP contribution in [-0.2, 0) is 0 Å². The van der Waals surface area contributed by atoms with Crippen molar-refractivity contribution in [1.82, 2.24) is 19.9 Å². The lowest BCUT2D eigenvalue weighted by Crippen LogP contribution is -1.85. The third-order valence-electron chi connectivity index (χ3n) is 2.11. The molecule has 0 aliphatic carbocycles. The third-order valence-corrected chi connectivity index (χ3v) is 2.11. The molecule has 0 bridgehead atoms. The van der Waals surface area contributed by atoms with Crippen LogP contribution >= 0.6 is 0 Å². The monoisotopic (exact) mass is 197 g/mol. The molecule has 3 aromatic rings. The first-order valence-electron chi connectivity index (χ1n) is 4.47. The molecule has 0 fully saturated rings. The Labute approximate surface area is 85.0 Å². The van der Waals surface area contributed by atoms with Crippen LogP contribution in [0.15, 0.2) is 30.6 Å². The van der Waals surface area contributed by atoms with Gasteiger partial charge in [0.25, 0.3) is 0 Å². The fourth-order valence-electron chi connectivity index (χ4n) is 1.39. The van der Waals surface area contributed by atoms with Gasteiger partial charge in [0.1, 0.15) is 11.0 Å². The summed E-state index contributed by atoms with van der Waals surface area (Å²) in [5.74, 6) is 0. The van der Waals surface area contributed by atoms with E-state index in [2.05, 4.69) is 19.9 Å². The number of fused-ring (bicyclic) bond motifs is 2. The minimum atomic E-state index is 0.554. The van der Waals surface area contributed by atoms with Gasteiger partial charge in [0.2, 0.25) is 0 Å². The zero-order valence-corrected chi connectivity index (χ0v) is 7.75. The summed E-state index contributed by atoms with van der Waals surface area (Å²) in [5.41, 5.74) is 8.86. The quantitative estimate of drug-likeness (QED) is 0.585. The van der Waals surface area contributed by atoms with Gasteiger partial charge >= 0.3 is 0 Å². The van der Waals surface area contributed by atoms with Crippen molar-refractivity contribution in [3.05, 3.63) is 30.6 Å². The summed E-state index contributed by atoms with van der Waals surface area (Å²) in [7, 11) is 0. The van der Waals surface area contributed by atoms with Crippen molar-refractivity contribution in [3.8, 4) is 0 Å². The molecular weight excluding hydrogens is 190 g/mol. The average molecular weight is 197 g/mol. The Kier molecular flexibility index (Phi) is 1.53. The van der Waals surface area contributed by atoms with E-state index in [-0.39, 0.29) is 0 Å². The van der Waals surface area contributed by atoms with Crippen LogP contribution in [0.5, 0.6) is 0 Å². The fraction of sp³-hybridized carbons (Fsp3) is 0. The number of anilines is 1. The third kappa shape index (κ3) is 1.25. The predicted molar refractivity (Wildman–Crippen MR) is 57.0 cm³/mol. The van der Waals surface area contributed by atoms with E-state index in [0.717, 1.165) is 5.52 Å². The number of nitrogens with zero attached hydrogens (tertiary/aromatic N) is 4. The van der Waals surface area contributed by atoms with Crippen molar-refractivity contribution in [1.29, 1.82) is 0 Å². The maximum atomic E-state index is 5.62. The van der Waals surface area contributed by atoms with Crippen LogP contribution in [0.2, 0.25) is 0 Å². The molecule has 5 heteroatoms. The molecule has 0 unspecified atom stereocenters. The molecule has 0 aliphatic rings. The van der Waals surface area contributed by atoms with Gasteiger partial charge in [-0.15, -0.1) is 0 Å². The molecule has 0 aliphatic heterocycles. The Morgan fingerprint density at radius 1 is 0.867 bits per heavy atom. The zero-order chi connectivity index (χ0) is 10.3. The summed E-state index contributed by atoms with van der Waals surface area (Å²) in [6.45, 7) is 0. The zero-order valence-electron chi connectivity index (χ0n) is 7.75. The highest BCUT2D eigenvalue weighted by molar-refractivity contribution is 5.82. The molecule has 0 saturated carbocycles.